The molecule has 0 spiro atoms. The van der Waals surface area contributed by atoms with Gasteiger partial charge < -0.3 is 9.88 Å². The van der Waals surface area contributed by atoms with Gasteiger partial charge in [0.2, 0.25) is 5.91 Å². The Bertz CT molecular complexity index is 972. The van der Waals surface area contributed by atoms with Gasteiger partial charge in [-0.05, 0) is 30.3 Å². The molecule has 1 amide bonds. The Morgan fingerprint density at radius 3 is 2.73 bits per heavy atom. The third kappa shape index (κ3) is 3.96. The highest BCUT2D eigenvalue weighted by molar-refractivity contribution is 7.99. The zero-order valence-electron chi connectivity index (χ0n) is 13.5. The molecule has 0 bridgehead atoms. The molecule has 1 N–H and O–H groups in total. The van der Waals surface area contributed by atoms with Crippen LogP contribution in [0.3, 0.4) is 0 Å². The molecule has 2 aromatic carbocycles. The third-order valence-electron chi connectivity index (χ3n) is 3.64. The minimum Gasteiger partial charge on any atom is -0.325 e. The predicted octanol–water partition coefficient (Wildman–Crippen LogP) is 4.98. The van der Waals surface area contributed by atoms with E-state index in [4.69, 9.17) is 11.6 Å². The highest BCUT2D eigenvalue weighted by Gasteiger charge is 2.33. The van der Waals surface area contributed by atoms with Crippen molar-refractivity contribution in [2.45, 2.75) is 11.3 Å². The van der Waals surface area contributed by atoms with Crippen molar-refractivity contribution in [2.75, 3.05) is 11.1 Å². The standard InChI is InChI=1S/C17H13ClF3N3OS/c1-24-14-7-6-10(18)8-13(14)23-16(24)26-9-15(25)22-12-5-3-2-4-11(12)17(19,20)21/h2-8H,9H2,1H3,(H,22,25). The number of aryl methyl sites for hydroxylation is 1. The maximum atomic E-state index is 13.0. The highest BCUT2D eigenvalue weighted by atomic mass is 35.5. The van der Waals surface area contributed by atoms with E-state index in [1.165, 1.54) is 18.2 Å². The van der Waals surface area contributed by atoms with Crippen LogP contribution in [0.2, 0.25) is 5.02 Å². The number of alkyl halides is 3. The van der Waals surface area contributed by atoms with Gasteiger partial charge in [0, 0.05) is 12.1 Å². The van der Waals surface area contributed by atoms with Crippen LogP contribution in [0.15, 0.2) is 47.6 Å². The summed E-state index contributed by atoms with van der Waals surface area (Å²) in [6.07, 6.45) is -4.53. The molecule has 0 radical (unpaired) electrons. The number of para-hydroxylation sites is 1. The lowest BCUT2D eigenvalue weighted by atomic mass is 10.1. The monoisotopic (exact) mass is 399 g/mol. The molecule has 3 rings (SSSR count). The maximum Gasteiger partial charge on any atom is 0.418 e. The molecule has 0 fully saturated rings. The van der Waals surface area contributed by atoms with E-state index in [0.717, 1.165) is 23.3 Å². The Balaban J connectivity index is 1.72. The highest BCUT2D eigenvalue weighted by Crippen LogP contribution is 2.34. The molecule has 1 aromatic heterocycles. The normalized spacial score (nSPS) is 11.7. The van der Waals surface area contributed by atoms with Crippen molar-refractivity contribution in [1.82, 2.24) is 9.55 Å². The number of thioether (sulfide) groups is 1. The Morgan fingerprint density at radius 1 is 1.27 bits per heavy atom. The summed E-state index contributed by atoms with van der Waals surface area (Å²) in [6.45, 7) is 0. The van der Waals surface area contributed by atoms with Crippen LogP contribution >= 0.6 is 23.4 Å². The second-order valence-corrected chi connectivity index (χ2v) is 6.85. The van der Waals surface area contributed by atoms with Crippen molar-refractivity contribution in [3.63, 3.8) is 0 Å². The number of carbonyl (C=O) groups is 1. The number of amides is 1. The molecule has 1 heterocycles. The molecule has 0 aliphatic heterocycles. The predicted molar refractivity (Wildman–Crippen MR) is 96.5 cm³/mol. The molecule has 0 saturated heterocycles. The third-order valence-corrected chi connectivity index (χ3v) is 4.91. The SMILES string of the molecule is Cn1c(SCC(=O)Nc2ccccc2C(F)(F)F)nc2cc(Cl)ccc21. The Kier molecular flexibility index (Phi) is 5.15. The van der Waals surface area contributed by atoms with Crippen LogP contribution in [0.5, 0.6) is 0 Å². The molecule has 0 atom stereocenters. The minimum atomic E-state index is -4.53. The lowest BCUT2D eigenvalue weighted by Gasteiger charge is -2.13. The zero-order chi connectivity index (χ0) is 18.9. The first-order valence-electron chi connectivity index (χ1n) is 7.46. The number of hydrogen-bond acceptors (Lipinski definition) is 3. The van der Waals surface area contributed by atoms with Gasteiger partial charge in [-0.3, -0.25) is 4.79 Å². The van der Waals surface area contributed by atoms with Gasteiger partial charge in [-0.25, -0.2) is 4.98 Å². The summed E-state index contributed by atoms with van der Waals surface area (Å²) in [5, 5.41) is 3.43. The molecule has 9 heteroatoms. The van der Waals surface area contributed by atoms with Gasteiger partial charge in [-0.1, -0.05) is 35.5 Å². The van der Waals surface area contributed by atoms with Crippen LogP contribution in [0, 0.1) is 0 Å². The molecule has 136 valence electrons. The van der Waals surface area contributed by atoms with Crippen LogP contribution in [0.25, 0.3) is 11.0 Å². The quantitative estimate of drug-likeness (QED) is 0.629. The smallest absolute Gasteiger partial charge is 0.325 e. The van der Waals surface area contributed by atoms with E-state index in [-0.39, 0.29) is 11.4 Å². The van der Waals surface area contributed by atoms with Crippen LogP contribution in [0.4, 0.5) is 18.9 Å². The van der Waals surface area contributed by atoms with Crippen LogP contribution in [-0.2, 0) is 18.0 Å². The number of imidazole rings is 1. The molecule has 26 heavy (non-hydrogen) atoms. The number of benzene rings is 2. The fraction of sp³-hybridized carbons (Fsp3) is 0.176. The first-order chi connectivity index (χ1) is 12.3. The summed E-state index contributed by atoms with van der Waals surface area (Å²) in [6, 6.07) is 10.1. The first kappa shape index (κ1) is 18.6. The van der Waals surface area contributed by atoms with E-state index < -0.39 is 17.6 Å². The molecule has 0 unspecified atom stereocenters. The van der Waals surface area contributed by atoms with Gasteiger partial charge in [0.15, 0.2) is 5.16 Å². The fourth-order valence-electron chi connectivity index (χ4n) is 2.44. The van der Waals surface area contributed by atoms with Crippen molar-refractivity contribution in [2.24, 2.45) is 7.05 Å². The van der Waals surface area contributed by atoms with Gasteiger partial charge in [0.1, 0.15) is 0 Å². The number of hydrogen-bond donors (Lipinski definition) is 1. The Hall–Kier alpha value is -2.19. The number of nitrogens with zero attached hydrogens (tertiary/aromatic N) is 2. The Labute approximate surface area is 156 Å². The zero-order valence-corrected chi connectivity index (χ0v) is 15.0. The van der Waals surface area contributed by atoms with Gasteiger partial charge in [-0.2, -0.15) is 13.2 Å². The van der Waals surface area contributed by atoms with E-state index >= 15 is 0 Å². The number of rotatable bonds is 4. The lowest BCUT2D eigenvalue weighted by molar-refractivity contribution is -0.137. The average Bonchev–Trinajstić information content (AvgIpc) is 2.88. The van der Waals surface area contributed by atoms with Crippen molar-refractivity contribution in [3.8, 4) is 0 Å². The molecule has 3 aromatic rings. The van der Waals surface area contributed by atoms with Gasteiger partial charge >= 0.3 is 6.18 Å². The second kappa shape index (κ2) is 7.20. The first-order valence-corrected chi connectivity index (χ1v) is 8.83. The van der Waals surface area contributed by atoms with Crippen molar-refractivity contribution in [1.29, 1.82) is 0 Å². The number of carbonyl (C=O) groups excluding carboxylic acids is 1. The second-order valence-electron chi connectivity index (χ2n) is 5.47. The van der Waals surface area contributed by atoms with Gasteiger partial charge in [0.05, 0.1) is 28.0 Å². The summed E-state index contributed by atoms with van der Waals surface area (Å²) in [4.78, 5) is 16.5. The molecule has 0 aliphatic rings. The number of anilines is 1. The average molecular weight is 400 g/mol. The van der Waals surface area contributed by atoms with E-state index in [1.807, 2.05) is 6.07 Å². The number of nitrogens with one attached hydrogen (secondary N) is 1. The fourth-order valence-corrected chi connectivity index (χ4v) is 3.39. The molecule has 4 nitrogen and oxygen atoms in total. The lowest BCUT2D eigenvalue weighted by Crippen LogP contribution is -2.18. The van der Waals surface area contributed by atoms with E-state index in [9.17, 15) is 18.0 Å². The number of aromatic nitrogens is 2. The summed E-state index contributed by atoms with van der Waals surface area (Å²) in [5.41, 5.74) is 0.392. The van der Waals surface area contributed by atoms with E-state index in [1.54, 1.807) is 23.7 Å². The number of fused-ring (bicyclic) bond motifs is 1. The molecular formula is C17H13ClF3N3OS. The van der Waals surface area contributed by atoms with Gasteiger partial charge in [-0.15, -0.1) is 0 Å². The Morgan fingerprint density at radius 2 is 2.00 bits per heavy atom. The summed E-state index contributed by atoms with van der Waals surface area (Å²) < 4.78 is 40.7. The summed E-state index contributed by atoms with van der Waals surface area (Å²) in [5.74, 6) is -0.617. The van der Waals surface area contributed by atoms with Crippen molar-refractivity contribution >= 4 is 46.0 Å². The number of halogens is 4. The summed E-state index contributed by atoms with van der Waals surface area (Å²) >= 11 is 7.07. The van der Waals surface area contributed by atoms with Crippen LogP contribution < -0.4 is 5.32 Å². The van der Waals surface area contributed by atoms with Crippen LogP contribution in [-0.4, -0.2) is 21.2 Å². The maximum absolute atomic E-state index is 13.0. The summed E-state index contributed by atoms with van der Waals surface area (Å²) in [7, 11) is 1.79. The largest absolute Gasteiger partial charge is 0.418 e. The van der Waals surface area contributed by atoms with Crippen molar-refractivity contribution in [3.05, 3.63) is 53.1 Å². The molecule has 0 aliphatic carbocycles. The minimum absolute atomic E-state index is 0.0723. The van der Waals surface area contributed by atoms with Gasteiger partial charge in [0.25, 0.3) is 0 Å². The van der Waals surface area contributed by atoms with E-state index in [0.29, 0.717) is 15.7 Å². The van der Waals surface area contributed by atoms with Crippen LogP contribution in [0.1, 0.15) is 5.56 Å². The van der Waals surface area contributed by atoms with E-state index in [2.05, 4.69) is 10.3 Å². The van der Waals surface area contributed by atoms with Crippen molar-refractivity contribution < 1.29 is 18.0 Å². The molecular weight excluding hydrogens is 387 g/mol. The molecule has 0 saturated carbocycles. The topological polar surface area (TPSA) is 46.9 Å².